The number of rotatable bonds is 7. The van der Waals surface area contributed by atoms with Gasteiger partial charge in [-0.2, -0.15) is 0 Å². The molecule has 0 spiro atoms. The van der Waals surface area contributed by atoms with Crippen molar-refractivity contribution in [1.82, 2.24) is 9.71 Å². The fourth-order valence-corrected chi connectivity index (χ4v) is 2.94. The van der Waals surface area contributed by atoms with E-state index >= 15 is 0 Å². The lowest BCUT2D eigenvalue weighted by molar-refractivity contribution is 0.102. The molecular formula is C17H13F3N2O4S. The van der Waals surface area contributed by atoms with Crippen molar-refractivity contribution < 1.29 is 31.1 Å². The smallest absolute Gasteiger partial charge is 0.231 e. The van der Waals surface area contributed by atoms with Crippen LogP contribution in [-0.2, 0) is 17.7 Å². The Hall–Kier alpha value is -2.56. The van der Waals surface area contributed by atoms with Gasteiger partial charge < -0.3 is 4.42 Å². The molecule has 1 aromatic heterocycles. The minimum atomic E-state index is -2.23. The summed E-state index contributed by atoms with van der Waals surface area (Å²) in [6, 6.07) is 4.70. The number of aryl methyl sites for hydroxylation is 1. The van der Waals surface area contributed by atoms with Crippen molar-refractivity contribution in [3.05, 3.63) is 64.8 Å². The van der Waals surface area contributed by atoms with Gasteiger partial charge in [0.2, 0.25) is 11.3 Å². The van der Waals surface area contributed by atoms with Gasteiger partial charge in [0.15, 0.2) is 29.4 Å². The molecule has 0 saturated carbocycles. The molecule has 3 rings (SSSR count). The Labute approximate surface area is 153 Å². The Morgan fingerprint density at radius 1 is 1.22 bits per heavy atom. The zero-order valence-electron chi connectivity index (χ0n) is 13.7. The van der Waals surface area contributed by atoms with E-state index in [0.717, 1.165) is 6.39 Å². The topological polar surface area (TPSA) is 92.4 Å². The highest BCUT2D eigenvalue weighted by molar-refractivity contribution is 7.77. The zero-order chi connectivity index (χ0) is 19.6. The summed E-state index contributed by atoms with van der Waals surface area (Å²) in [5.41, 5.74) is -0.553. The van der Waals surface area contributed by atoms with Crippen molar-refractivity contribution in [3.8, 4) is 0 Å². The van der Waals surface area contributed by atoms with Crippen molar-refractivity contribution in [2.75, 3.05) is 6.54 Å². The van der Waals surface area contributed by atoms with E-state index in [-0.39, 0.29) is 30.5 Å². The number of hydrogen-bond donors (Lipinski definition) is 2. The van der Waals surface area contributed by atoms with E-state index in [0.29, 0.717) is 17.2 Å². The second kappa shape index (κ2) is 7.99. The highest BCUT2D eigenvalue weighted by Gasteiger charge is 2.25. The SMILES string of the molecule is O=C(c1ccc2ocnc2c1)c1c(F)c(F)cc(CCCNS(=O)O)c1F. The molecule has 0 bridgehead atoms. The van der Waals surface area contributed by atoms with Crippen LogP contribution in [0.3, 0.4) is 0 Å². The summed E-state index contributed by atoms with van der Waals surface area (Å²) < 4.78 is 69.1. The molecule has 2 N–H and O–H groups in total. The number of halogens is 3. The molecule has 6 nitrogen and oxygen atoms in total. The number of nitrogens with one attached hydrogen (secondary N) is 1. The predicted molar refractivity (Wildman–Crippen MR) is 90.9 cm³/mol. The van der Waals surface area contributed by atoms with Crippen LogP contribution < -0.4 is 4.72 Å². The maximum absolute atomic E-state index is 14.7. The number of oxazole rings is 1. The van der Waals surface area contributed by atoms with E-state index in [9.17, 15) is 22.2 Å². The fourth-order valence-electron chi connectivity index (χ4n) is 2.62. The van der Waals surface area contributed by atoms with Gasteiger partial charge in [0.05, 0.1) is 5.56 Å². The number of carbonyl (C=O) groups excluding carboxylic acids is 1. The molecule has 0 saturated heterocycles. The van der Waals surface area contributed by atoms with Gasteiger partial charge in [0.1, 0.15) is 11.3 Å². The van der Waals surface area contributed by atoms with Crippen LogP contribution in [0.1, 0.15) is 27.9 Å². The van der Waals surface area contributed by atoms with E-state index in [4.69, 9.17) is 8.97 Å². The minimum Gasteiger partial charge on any atom is -0.443 e. The first-order valence-electron chi connectivity index (χ1n) is 7.77. The molecule has 1 heterocycles. The van der Waals surface area contributed by atoms with E-state index in [1.54, 1.807) is 0 Å². The maximum Gasteiger partial charge on any atom is 0.231 e. The van der Waals surface area contributed by atoms with Crippen molar-refractivity contribution in [2.45, 2.75) is 12.8 Å². The molecule has 3 aromatic rings. The number of benzene rings is 2. The lowest BCUT2D eigenvalue weighted by atomic mass is 9.97. The Bertz CT molecular complexity index is 1040. The molecule has 10 heteroatoms. The first-order valence-corrected chi connectivity index (χ1v) is 8.88. The molecule has 0 aliphatic rings. The van der Waals surface area contributed by atoms with E-state index in [2.05, 4.69) is 9.71 Å². The van der Waals surface area contributed by atoms with Gasteiger partial charge in [0, 0.05) is 12.1 Å². The fraction of sp³-hybridized carbons (Fsp3) is 0.176. The van der Waals surface area contributed by atoms with Crippen LogP contribution in [-0.4, -0.2) is 26.1 Å². The molecule has 142 valence electrons. The van der Waals surface area contributed by atoms with E-state index in [1.807, 2.05) is 0 Å². The molecule has 0 radical (unpaired) electrons. The lowest BCUT2D eigenvalue weighted by Gasteiger charge is -2.10. The summed E-state index contributed by atoms with van der Waals surface area (Å²) in [6.07, 6.45) is 1.27. The Kier molecular flexibility index (Phi) is 5.68. The van der Waals surface area contributed by atoms with Gasteiger partial charge in [-0.1, -0.05) is 0 Å². The molecule has 0 amide bonds. The standard InChI is InChI=1S/C17H13F3N2O4S/c18-11-6-9(2-1-5-22-27(24)25)15(19)14(16(11)20)17(23)10-3-4-13-12(7-10)21-8-26-13/h3-4,6-8,22H,1-2,5H2,(H,24,25). The van der Waals surface area contributed by atoms with Crippen LogP contribution in [0.25, 0.3) is 11.1 Å². The molecule has 1 unspecified atom stereocenters. The van der Waals surface area contributed by atoms with Crippen molar-refractivity contribution in [1.29, 1.82) is 0 Å². The monoisotopic (exact) mass is 398 g/mol. The Balaban J connectivity index is 1.93. The Morgan fingerprint density at radius 3 is 2.74 bits per heavy atom. The zero-order valence-corrected chi connectivity index (χ0v) is 14.5. The van der Waals surface area contributed by atoms with Gasteiger partial charge in [-0.3, -0.25) is 9.35 Å². The highest BCUT2D eigenvalue weighted by atomic mass is 32.2. The number of hydrogen-bond acceptors (Lipinski definition) is 4. The summed E-state index contributed by atoms with van der Waals surface area (Å²) in [5.74, 6) is -5.11. The van der Waals surface area contributed by atoms with E-state index in [1.165, 1.54) is 18.2 Å². The summed E-state index contributed by atoms with van der Waals surface area (Å²) in [6.45, 7) is 0.0493. The highest BCUT2D eigenvalue weighted by Crippen LogP contribution is 2.25. The summed E-state index contributed by atoms with van der Waals surface area (Å²) in [5, 5.41) is 0. The lowest BCUT2D eigenvalue weighted by Crippen LogP contribution is -2.18. The predicted octanol–water partition coefficient (Wildman–Crippen LogP) is 3.14. The molecule has 0 fully saturated rings. The number of ketones is 1. The number of aromatic nitrogens is 1. The van der Waals surface area contributed by atoms with Gasteiger partial charge in [-0.15, -0.1) is 0 Å². The van der Waals surface area contributed by atoms with Gasteiger partial charge >= 0.3 is 0 Å². The van der Waals surface area contributed by atoms with Crippen LogP contribution >= 0.6 is 0 Å². The van der Waals surface area contributed by atoms with Crippen LogP contribution in [0.15, 0.2) is 35.1 Å². The molecular weight excluding hydrogens is 385 g/mol. The Morgan fingerprint density at radius 2 is 2.00 bits per heavy atom. The number of fused-ring (bicyclic) bond motifs is 1. The second-order valence-electron chi connectivity index (χ2n) is 5.63. The van der Waals surface area contributed by atoms with Gasteiger partial charge in [0.25, 0.3) is 0 Å². The average molecular weight is 398 g/mol. The van der Waals surface area contributed by atoms with Crippen LogP contribution in [0.2, 0.25) is 0 Å². The van der Waals surface area contributed by atoms with Crippen LogP contribution in [0.4, 0.5) is 13.2 Å². The van der Waals surface area contributed by atoms with Gasteiger partial charge in [-0.25, -0.2) is 27.1 Å². The molecule has 27 heavy (non-hydrogen) atoms. The van der Waals surface area contributed by atoms with Crippen LogP contribution in [0.5, 0.6) is 0 Å². The third-order valence-corrected chi connectivity index (χ3v) is 4.35. The number of nitrogens with zero attached hydrogens (tertiary/aromatic N) is 1. The van der Waals surface area contributed by atoms with Crippen molar-refractivity contribution in [2.24, 2.45) is 0 Å². The summed E-state index contributed by atoms with van der Waals surface area (Å²) >= 11 is -2.23. The number of carbonyl (C=O) groups is 1. The third-order valence-electron chi connectivity index (χ3n) is 3.90. The second-order valence-corrected chi connectivity index (χ2v) is 6.42. The molecule has 0 aliphatic carbocycles. The maximum atomic E-state index is 14.7. The molecule has 1 atom stereocenters. The van der Waals surface area contributed by atoms with Crippen molar-refractivity contribution >= 4 is 28.1 Å². The third kappa shape index (κ3) is 4.07. The molecule has 2 aromatic carbocycles. The summed E-state index contributed by atoms with van der Waals surface area (Å²) in [4.78, 5) is 16.5. The average Bonchev–Trinajstić information content (AvgIpc) is 3.10. The first kappa shape index (κ1) is 19.2. The van der Waals surface area contributed by atoms with Crippen LogP contribution in [0, 0.1) is 17.5 Å². The molecule has 0 aliphatic heterocycles. The van der Waals surface area contributed by atoms with Crippen molar-refractivity contribution in [3.63, 3.8) is 0 Å². The largest absolute Gasteiger partial charge is 0.443 e. The summed E-state index contributed by atoms with van der Waals surface area (Å²) in [7, 11) is 0. The van der Waals surface area contributed by atoms with Gasteiger partial charge in [-0.05, 0) is 42.7 Å². The first-order chi connectivity index (χ1) is 12.9. The normalized spacial score (nSPS) is 12.4. The quantitative estimate of drug-likeness (QED) is 0.276. The minimum absolute atomic E-state index is 0.0493. The van der Waals surface area contributed by atoms with E-state index < -0.39 is 40.1 Å².